The van der Waals surface area contributed by atoms with Crippen molar-refractivity contribution in [3.8, 4) is 11.1 Å². The van der Waals surface area contributed by atoms with Crippen molar-refractivity contribution in [2.45, 2.75) is 25.7 Å². The van der Waals surface area contributed by atoms with Crippen LogP contribution in [0.15, 0.2) is 53.5 Å². The first-order chi connectivity index (χ1) is 12.2. The minimum Gasteiger partial charge on any atom is -0.448 e. The van der Waals surface area contributed by atoms with Crippen LogP contribution in [0.25, 0.3) is 11.1 Å². The molecular formula is C20H23N3O2. The number of fused-ring (bicyclic) bond motifs is 3. The molecule has 1 amide bonds. The monoisotopic (exact) mass is 337 g/mol. The predicted molar refractivity (Wildman–Crippen MR) is 99.6 cm³/mol. The molecule has 3 rings (SSSR count). The molecule has 3 N–H and O–H groups in total. The number of hydrogen-bond donors (Lipinski definition) is 2. The first-order valence-electron chi connectivity index (χ1n) is 8.62. The van der Waals surface area contributed by atoms with Gasteiger partial charge in [0.05, 0.1) is 0 Å². The van der Waals surface area contributed by atoms with Gasteiger partial charge >= 0.3 is 6.09 Å². The normalized spacial score (nSPS) is 13.2. The van der Waals surface area contributed by atoms with Crippen molar-refractivity contribution >= 4 is 12.1 Å². The van der Waals surface area contributed by atoms with Gasteiger partial charge in [-0.3, -0.25) is 10.3 Å². The summed E-state index contributed by atoms with van der Waals surface area (Å²) in [6, 6.07) is 16.5. The molecule has 0 radical (unpaired) electrons. The van der Waals surface area contributed by atoms with E-state index in [1.54, 1.807) is 0 Å². The molecule has 0 saturated carbocycles. The zero-order valence-electron chi connectivity index (χ0n) is 14.4. The number of nitrogens with two attached hydrogens (primary N) is 1. The van der Waals surface area contributed by atoms with E-state index in [9.17, 15) is 4.79 Å². The molecule has 0 unspecified atom stereocenters. The number of ether oxygens (including phenoxy) is 1. The molecule has 130 valence electrons. The number of carbonyl (C=O) groups is 1. The first kappa shape index (κ1) is 17.0. The Kier molecular flexibility index (Phi) is 5.33. The molecule has 1 aliphatic carbocycles. The van der Waals surface area contributed by atoms with Crippen molar-refractivity contribution in [1.82, 2.24) is 5.32 Å². The molecular weight excluding hydrogens is 314 g/mol. The molecule has 0 spiro atoms. The summed E-state index contributed by atoms with van der Waals surface area (Å²) >= 11 is 0. The highest BCUT2D eigenvalue weighted by atomic mass is 16.5. The number of alkyl carbamates (subject to hydrolysis) is 1. The van der Waals surface area contributed by atoms with Crippen molar-refractivity contribution in [3.05, 3.63) is 59.7 Å². The third-order valence-corrected chi connectivity index (χ3v) is 4.37. The number of carbonyl (C=O) groups excluding carboxylic acids is 1. The van der Waals surface area contributed by atoms with E-state index in [0.717, 1.165) is 12.8 Å². The quantitative estimate of drug-likeness (QED) is 0.497. The Morgan fingerprint density at radius 2 is 1.72 bits per heavy atom. The molecule has 0 saturated heterocycles. The van der Waals surface area contributed by atoms with Gasteiger partial charge in [-0.1, -0.05) is 61.9 Å². The van der Waals surface area contributed by atoms with Crippen LogP contribution in [0, 0.1) is 0 Å². The van der Waals surface area contributed by atoms with Crippen molar-refractivity contribution in [2.24, 2.45) is 10.7 Å². The number of benzene rings is 2. The van der Waals surface area contributed by atoms with Gasteiger partial charge in [-0.25, -0.2) is 4.79 Å². The number of amides is 1. The Morgan fingerprint density at radius 1 is 1.12 bits per heavy atom. The van der Waals surface area contributed by atoms with E-state index in [2.05, 4.69) is 41.5 Å². The van der Waals surface area contributed by atoms with Crippen LogP contribution in [0.1, 0.15) is 36.8 Å². The minimum absolute atomic E-state index is 0.0383. The smallest absolute Gasteiger partial charge is 0.413 e. The fraction of sp³-hybridized carbons (Fsp3) is 0.300. The highest BCUT2D eigenvalue weighted by Crippen LogP contribution is 2.44. The van der Waals surface area contributed by atoms with Crippen molar-refractivity contribution < 1.29 is 9.53 Å². The molecule has 25 heavy (non-hydrogen) atoms. The number of hydrogen-bond acceptors (Lipinski definition) is 3. The third kappa shape index (κ3) is 3.82. The molecule has 0 heterocycles. The summed E-state index contributed by atoms with van der Waals surface area (Å²) in [7, 11) is 0. The number of nitrogens with zero attached hydrogens (tertiary/aromatic N) is 1. The SMILES string of the molecule is CCCCN=C(N)NC(=O)OCC1c2ccccc2-c2ccccc21. The molecule has 1 aliphatic rings. The van der Waals surface area contributed by atoms with E-state index in [0.29, 0.717) is 6.54 Å². The summed E-state index contributed by atoms with van der Waals surface area (Å²) in [5.41, 5.74) is 10.5. The van der Waals surface area contributed by atoms with Gasteiger partial charge < -0.3 is 10.5 Å². The van der Waals surface area contributed by atoms with Crippen LogP contribution >= 0.6 is 0 Å². The summed E-state index contributed by atoms with van der Waals surface area (Å²) < 4.78 is 5.41. The van der Waals surface area contributed by atoms with Crippen molar-refractivity contribution in [3.63, 3.8) is 0 Å². The van der Waals surface area contributed by atoms with E-state index >= 15 is 0 Å². The molecule has 0 aliphatic heterocycles. The average Bonchev–Trinajstić information content (AvgIpc) is 2.94. The molecule has 0 bridgehead atoms. The number of rotatable bonds is 5. The van der Waals surface area contributed by atoms with Gasteiger partial charge in [0.2, 0.25) is 0 Å². The molecule has 0 atom stereocenters. The topological polar surface area (TPSA) is 76.7 Å². The van der Waals surface area contributed by atoms with Crippen LogP contribution in [0.2, 0.25) is 0 Å². The van der Waals surface area contributed by atoms with Crippen molar-refractivity contribution in [2.75, 3.05) is 13.2 Å². The minimum atomic E-state index is -0.570. The maximum Gasteiger partial charge on any atom is 0.413 e. The molecule has 0 fully saturated rings. The molecule has 5 heteroatoms. The standard InChI is InChI=1S/C20H23N3O2/c1-2-3-12-22-19(21)23-20(24)25-13-18-16-10-6-4-8-14(16)15-9-5-7-11-17(15)18/h4-11,18H,2-3,12-13H2,1H3,(H3,21,22,23,24). The zero-order valence-corrected chi connectivity index (χ0v) is 14.4. The number of guanidine groups is 1. The van der Waals surface area contributed by atoms with Gasteiger partial charge in [0.25, 0.3) is 0 Å². The fourth-order valence-corrected chi connectivity index (χ4v) is 3.14. The largest absolute Gasteiger partial charge is 0.448 e. The summed E-state index contributed by atoms with van der Waals surface area (Å²) in [6.07, 6.45) is 1.40. The van der Waals surface area contributed by atoms with E-state index in [1.165, 1.54) is 22.3 Å². The Hall–Kier alpha value is -2.82. The average molecular weight is 337 g/mol. The molecule has 5 nitrogen and oxygen atoms in total. The number of aliphatic imine (C=N–C) groups is 1. The lowest BCUT2D eigenvalue weighted by atomic mass is 9.98. The molecule has 2 aromatic rings. The van der Waals surface area contributed by atoms with Gasteiger partial charge in [0.15, 0.2) is 5.96 Å². The number of unbranched alkanes of at least 4 members (excludes halogenated alkanes) is 1. The Bertz CT molecular complexity index is 741. The summed E-state index contributed by atoms with van der Waals surface area (Å²) in [5.74, 6) is 0.141. The van der Waals surface area contributed by atoms with Crippen LogP contribution < -0.4 is 11.1 Å². The predicted octanol–water partition coefficient (Wildman–Crippen LogP) is 3.64. The molecule has 0 aromatic heterocycles. The fourth-order valence-electron chi connectivity index (χ4n) is 3.14. The van der Waals surface area contributed by atoms with E-state index < -0.39 is 6.09 Å². The Labute approximate surface area is 147 Å². The highest BCUT2D eigenvalue weighted by Gasteiger charge is 2.28. The summed E-state index contributed by atoms with van der Waals surface area (Å²) in [6.45, 7) is 2.94. The lowest BCUT2D eigenvalue weighted by Crippen LogP contribution is -2.37. The van der Waals surface area contributed by atoms with Gasteiger partial charge in [-0.05, 0) is 28.7 Å². The lowest BCUT2D eigenvalue weighted by molar-refractivity contribution is 0.148. The van der Waals surface area contributed by atoms with Gasteiger partial charge in [-0.2, -0.15) is 0 Å². The lowest BCUT2D eigenvalue weighted by Gasteiger charge is -2.14. The second kappa shape index (κ2) is 7.83. The Morgan fingerprint density at radius 3 is 2.32 bits per heavy atom. The number of nitrogens with one attached hydrogen (secondary N) is 1. The van der Waals surface area contributed by atoms with Crippen molar-refractivity contribution in [1.29, 1.82) is 0 Å². The highest BCUT2D eigenvalue weighted by molar-refractivity contribution is 5.92. The second-order valence-electron chi connectivity index (χ2n) is 6.07. The van der Waals surface area contributed by atoms with Crippen LogP contribution in [-0.4, -0.2) is 25.2 Å². The maximum absolute atomic E-state index is 12.0. The van der Waals surface area contributed by atoms with E-state index in [-0.39, 0.29) is 18.5 Å². The Balaban J connectivity index is 1.65. The van der Waals surface area contributed by atoms with Crippen LogP contribution in [-0.2, 0) is 4.74 Å². The maximum atomic E-state index is 12.0. The third-order valence-electron chi connectivity index (χ3n) is 4.37. The van der Waals surface area contributed by atoms with Gasteiger partial charge in [0, 0.05) is 12.5 Å². The van der Waals surface area contributed by atoms with E-state index in [1.807, 2.05) is 24.3 Å². The summed E-state index contributed by atoms with van der Waals surface area (Å²) in [5, 5.41) is 2.48. The van der Waals surface area contributed by atoms with Gasteiger partial charge in [0.1, 0.15) is 6.61 Å². The van der Waals surface area contributed by atoms with E-state index in [4.69, 9.17) is 10.5 Å². The van der Waals surface area contributed by atoms with Gasteiger partial charge in [-0.15, -0.1) is 0 Å². The van der Waals surface area contributed by atoms with Crippen LogP contribution in [0.5, 0.6) is 0 Å². The first-order valence-corrected chi connectivity index (χ1v) is 8.62. The zero-order chi connectivity index (χ0) is 17.6. The van der Waals surface area contributed by atoms with Crippen LogP contribution in [0.4, 0.5) is 4.79 Å². The summed E-state index contributed by atoms with van der Waals surface area (Å²) in [4.78, 5) is 16.1. The van der Waals surface area contributed by atoms with Crippen LogP contribution in [0.3, 0.4) is 0 Å². The second-order valence-corrected chi connectivity index (χ2v) is 6.07. The molecule has 2 aromatic carbocycles.